The van der Waals surface area contributed by atoms with Crippen LogP contribution in [0, 0.1) is 0 Å². The van der Waals surface area contributed by atoms with Crippen LogP contribution in [0.4, 0.5) is 11.4 Å². The lowest BCUT2D eigenvalue weighted by molar-refractivity contribution is -0.123. The van der Waals surface area contributed by atoms with Gasteiger partial charge in [-0.25, -0.2) is 0 Å². The molecule has 18 heavy (non-hydrogen) atoms. The van der Waals surface area contributed by atoms with Gasteiger partial charge in [0.25, 0.3) is 0 Å². The molecule has 1 aromatic rings. The van der Waals surface area contributed by atoms with Gasteiger partial charge in [-0.05, 0) is 24.1 Å². The highest BCUT2D eigenvalue weighted by Crippen LogP contribution is 2.29. The van der Waals surface area contributed by atoms with E-state index in [0.717, 1.165) is 12.0 Å². The molecule has 0 aromatic heterocycles. The van der Waals surface area contributed by atoms with E-state index in [1.807, 2.05) is 6.92 Å². The molecule has 1 aliphatic heterocycles. The largest absolute Gasteiger partial charge is 0.388 e. The van der Waals surface area contributed by atoms with E-state index in [1.165, 1.54) is 0 Å². The van der Waals surface area contributed by atoms with Crippen molar-refractivity contribution in [3.05, 3.63) is 23.8 Å². The molecule has 1 unspecified atom stereocenters. The van der Waals surface area contributed by atoms with Crippen LogP contribution in [0.3, 0.4) is 0 Å². The van der Waals surface area contributed by atoms with E-state index in [4.69, 9.17) is 0 Å². The van der Waals surface area contributed by atoms with E-state index in [1.54, 1.807) is 18.2 Å². The van der Waals surface area contributed by atoms with E-state index in [2.05, 4.69) is 10.6 Å². The number of hydrogen-bond donors (Lipinski definition) is 3. The molecule has 96 valence electrons. The third-order valence-electron chi connectivity index (χ3n) is 2.86. The predicted octanol–water partition coefficient (Wildman–Crippen LogP) is 1.80. The summed E-state index contributed by atoms with van der Waals surface area (Å²) in [5.41, 5.74) is 1.85. The standard InChI is InChI=1S/C13H16N2O3/c1-2-3-11(16)8-4-5-9-10(6-8)15-13(18)7-12(17)14-9/h4-6,11,16H,2-3,7H2,1H3,(H,14,17)(H,15,18). The summed E-state index contributed by atoms with van der Waals surface area (Å²) in [5, 5.41) is 15.2. The van der Waals surface area contributed by atoms with E-state index in [9.17, 15) is 14.7 Å². The van der Waals surface area contributed by atoms with Crippen molar-refractivity contribution in [2.24, 2.45) is 0 Å². The van der Waals surface area contributed by atoms with Crippen molar-refractivity contribution < 1.29 is 14.7 Å². The van der Waals surface area contributed by atoms with Gasteiger partial charge >= 0.3 is 0 Å². The minimum absolute atomic E-state index is 0.179. The first kappa shape index (κ1) is 12.6. The molecule has 0 radical (unpaired) electrons. The molecule has 0 bridgehead atoms. The zero-order chi connectivity index (χ0) is 13.1. The van der Waals surface area contributed by atoms with Crippen LogP contribution < -0.4 is 10.6 Å². The molecule has 5 nitrogen and oxygen atoms in total. The Labute approximate surface area is 105 Å². The van der Waals surface area contributed by atoms with Crippen molar-refractivity contribution in [1.82, 2.24) is 0 Å². The van der Waals surface area contributed by atoms with Crippen LogP contribution in [0.25, 0.3) is 0 Å². The molecular formula is C13H16N2O3. The lowest BCUT2D eigenvalue weighted by Gasteiger charge is -2.13. The van der Waals surface area contributed by atoms with Crippen molar-refractivity contribution in [3.8, 4) is 0 Å². The molecule has 2 amide bonds. The summed E-state index contributed by atoms with van der Waals surface area (Å²) in [6.07, 6.45) is 0.818. The highest BCUT2D eigenvalue weighted by molar-refractivity contribution is 6.13. The minimum atomic E-state index is -0.545. The average Bonchev–Trinajstić information content (AvgIpc) is 2.44. The van der Waals surface area contributed by atoms with Crippen LogP contribution in [0.1, 0.15) is 37.9 Å². The number of carbonyl (C=O) groups excluding carboxylic acids is 2. The van der Waals surface area contributed by atoms with E-state index < -0.39 is 6.10 Å². The second-order valence-electron chi connectivity index (χ2n) is 4.38. The summed E-state index contributed by atoms with van der Waals surface area (Å²) in [4.78, 5) is 22.8. The number of carbonyl (C=O) groups is 2. The van der Waals surface area contributed by atoms with Crippen LogP contribution in [0.5, 0.6) is 0 Å². The van der Waals surface area contributed by atoms with Crippen molar-refractivity contribution in [2.75, 3.05) is 10.6 Å². The van der Waals surface area contributed by atoms with Gasteiger partial charge in [0, 0.05) is 0 Å². The molecule has 1 heterocycles. The Kier molecular flexibility index (Phi) is 3.62. The van der Waals surface area contributed by atoms with Crippen LogP contribution >= 0.6 is 0 Å². The monoisotopic (exact) mass is 248 g/mol. The lowest BCUT2D eigenvalue weighted by Crippen LogP contribution is -2.16. The van der Waals surface area contributed by atoms with E-state index >= 15 is 0 Å². The van der Waals surface area contributed by atoms with Gasteiger partial charge in [0.15, 0.2) is 0 Å². The molecule has 1 aromatic carbocycles. The van der Waals surface area contributed by atoms with Gasteiger partial charge in [-0.1, -0.05) is 19.4 Å². The number of rotatable bonds is 3. The Morgan fingerprint density at radius 2 is 1.89 bits per heavy atom. The van der Waals surface area contributed by atoms with Gasteiger partial charge in [0.05, 0.1) is 17.5 Å². The Balaban J connectivity index is 2.31. The third-order valence-corrected chi connectivity index (χ3v) is 2.86. The van der Waals surface area contributed by atoms with Gasteiger partial charge in [-0.3, -0.25) is 9.59 Å². The summed E-state index contributed by atoms with van der Waals surface area (Å²) in [6, 6.07) is 5.17. The van der Waals surface area contributed by atoms with Gasteiger partial charge in [-0.2, -0.15) is 0 Å². The van der Waals surface area contributed by atoms with Gasteiger partial charge in [-0.15, -0.1) is 0 Å². The second kappa shape index (κ2) is 5.18. The number of anilines is 2. The number of benzene rings is 1. The summed E-state index contributed by atoms with van der Waals surface area (Å²) < 4.78 is 0. The molecule has 1 atom stereocenters. The molecule has 1 aliphatic rings. The molecule has 0 saturated carbocycles. The summed E-state index contributed by atoms with van der Waals surface area (Å²) in [7, 11) is 0. The first-order chi connectivity index (χ1) is 8.60. The fraction of sp³-hybridized carbons (Fsp3) is 0.385. The lowest BCUT2D eigenvalue weighted by atomic mass is 10.0. The zero-order valence-electron chi connectivity index (χ0n) is 10.2. The molecular weight excluding hydrogens is 232 g/mol. The molecule has 0 spiro atoms. The number of nitrogens with one attached hydrogen (secondary N) is 2. The zero-order valence-corrected chi connectivity index (χ0v) is 10.2. The average molecular weight is 248 g/mol. The summed E-state index contributed by atoms with van der Waals surface area (Å²) in [6.45, 7) is 1.99. The molecule has 0 aliphatic carbocycles. The molecule has 0 fully saturated rings. The number of aliphatic hydroxyl groups excluding tert-OH is 1. The van der Waals surface area contributed by atoms with E-state index in [-0.39, 0.29) is 18.2 Å². The number of fused-ring (bicyclic) bond motifs is 1. The van der Waals surface area contributed by atoms with Crippen LogP contribution in [-0.4, -0.2) is 16.9 Å². The summed E-state index contributed by atoms with van der Waals surface area (Å²) >= 11 is 0. The predicted molar refractivity (Wildman–Crippen MR) is 68.2 cm³/mol. The first-order valence-corrected chi connectivity index (χ1v) is 6.02. The maximum absolute atomic E-state index is 11.4. The number of aliphatic hydroxyl groups is 1. The maximum atomic E-state index is 11.4. The maximum Gasteiger partial charge on any atom is 0.233 e. The highest BCUT2D eigenvalue weighted by Gasteiger charge is 2.19. The topological polar surface area (TPSA) is 78.4 Å². The molecule has 2 rings (SSSR count). The van der Waals surface area contributed by atoms with Gasteiger partial charge in [0.2, 0.25) is 11.8 Å². The van der Waals surface area contributed by atoms with Crippen LogP contribution in [0.2, 0.25) is 0 Å². The Bertz CT molecular complexity index is 485. The summed E-state index contributed by atoms with van der Waals surface area (Å²) in [5.74, 6) is -0.665. The second-order valence-corrected chi connectivity index (χ2v) is 4.38. The van der Waals surface area contributed by atoms with Gasteiger partial charge in [0.1, 0.15) is 6.42 Å². The van der Waals surface area contributed by atoms with E-state index in [0.29, 0.717) is 17.8 Å². The Morgan fingerprint density at radius 3 is 2.56 bits per heavy atom. The quantitative estimate of drug-likeness (QED) is 0.714. The fourth-order valence-electron chi connectivity index (χ4n) is 1.96. The fourth-order valence-corrected chi connectivity index (χ4v) is 1.96. The minimum Gasteiger partial charge on any atom is -0.388 e. The molecule has 0 saturated heterocycles. The molecule has 5 heteroatoms. The Morgan fingerprint density at radius 1 is 1.22 bits per heavy atom. The molecule has 3 N–H and O–H groups in total. The number of amides is 2. The van der Waals surface area contributed by atoms with Crippen molar-refractivity contribution in [1.29, 1.82) is 0 Å². The smallest absolute Gasteiger partial charge is 0.233 e. The van der Waals surface area contributed by atoms with Crippen LogP contribution in [0.15, 0.2) is 18.2 Å². The van der Waals surface area contributed by atoms with Crippen molar-refractivity contribution in [3.63, 3.8) is 0 Å². The number of hydrogen-bond acceptors (Lipinski definition) is 3. The third kappa shape index (κ3) is 2.68. The van der Waals surface area contributed by atoms with Crippen molar-refractivity contribution in [2.45, 2.75) is 32.3 Å². The first-order valence-electron chi connectivity index (χ1n) is 6.02. The van der Waals surface area contributed by atoms with Crippen LogP contribution in [-0.2, 0) is 9.59 Å². The normalized spacial score (nSPS) is 16.3. The van der Waals surface area contributed by atoms with Crippen molar-refractivity contribution >= 4 is 23.2 Å². The SMILES string of the molecule is CCCC(O)c1ccc2c(c1)NC(=O)CC(=O)N2. The van der Waals surface area contributed by atoms with Gasteiger partial charge < -0.3 is 15.7 Å². The highest BCUT2D eigenvalue weighted by atomic mass is 16.3. The Hall–Kier alpha value is -1.88.